The average Bonchev–Trinajstić information content (AvgIpc) is 2.93. The molecule has 0 saturated heterocycles. The van der Waals surface area contributed by atoms with Gasteiger partial charge in [-0.3, -0.25) is 4.79 Å². The molecule has 118 valence electrons. The Bertz CT molecular complexity index is 651. The standard InChI is InChI=1S/C13H14F2N4O2S/c1-21-5-4-19-8-16-18-13(19)22-7-12(20)17-11-3-2-9(14)6-10(11)15/h2-3,6,8H,4-5,7H2,1H3,(H,17,20). The quantitative estimate of drug-likeness (QED) is 0.787. The molecule has 2 aromatic rings. The van der Waals surface area contributed by atoms with E-state index in [0.717, 1.165) is 6.07 Å². The van der Waals surface area contributed by atoms with E-state index in [9.17, 15) is 13.6 Å². The minimum absolute atomic E-state index is 0.0302. The Labute approximate surface area is 129 Å². The van der Waals surface area contributed by atoms with Crippen LogP contribution in [-0.4, -0.2) is 40.1 Å². The monoisotopic (exact) mass is 328 g/mol. The van der Waals surface area contributed by atoms with Crippen LogP contribution < -0.4 is 5.32 Å². The average molecular weight is 328 g/mol. The van der Waals surface area contributed by atoms with Crippen molar-refractivity contribution in [2.24, 2.45) is 0 Å². The number of benzene rings is 1. The summed E-state index contributed by atoms with van der Waals surface area (Å²) in [6.07, 6.45) is 1.54. The summed E-state index contributed by atoms with van der Waals surface area (Å²) in [5, 5.41) is 10.6. The fraction of sp³-hybridized carbons (Fsp3) is 0.308. The van der Waals surface area contributed by atoms with Crippen molar-refractivity contribution in [3.63, 3.8) is 0 Å². The summed E-state index contributed by atoms with van der Waals surface area (Å²) < 4.78 is 32.9. The molecule has 0 aliphatic heterocycles. The van der Waals surface area contributed by atoms with Crippen molar-refractivity contribution in [1.82, 2.24) is 14.8 Å². The zero-order valence-electron chi connectivity index (χ0n) is 11.8. The molecule has 9 heteroatoms. The van der Waals surface area contributed by atoms with Crippen LogP contribution in [0, 0.1) is 11.6 Å². The number of rotatable bonds is 7. The van der Waals surface area contributed by atoms with E-state index in [1.807, 2.05) is 0 Å². The van der Waals surface area contributed by atoms with Crippen molar-refractivity contribution in [2.45, 2.75) is 11.7 Å². The van der Waals surface area contributed by atoms with Crippen LogP contribution in [0.1, 0.15) is 0 Å². The van der Waals surface area contributed by atoms with Crippen molar-refractivity contribution in [3.8, 4) is 0 Å². The number of thioether (sulfide) groups is 1. The van der Waals surface area contributed by atoms with Gasteiger partial charge in [0.15, 0.2) is 5.16 Å². The third kappa shape index (κ3) is 4.50. The molecule has 0 atom stereocenters. The van der Waals surface area contributed by atoms with Crippen molar-refractivity contribution >= 4 is 23.4 Å². The zero-order valence-corrected chi connectivity index (χ0v) is 12.6. The second-order valence-electron chi connectivity index (χ2n) is 4.26. The summed E-state index contributed by atoms with van der Waals surface area (Å²) in [5.74, 6) is -1.91. The smallest absolute Gasteiger partial charge is 0.234 e. The fourth-order valence-electron chi connectivity index (χ4n) is 1.61. The second-order valence-corrected chi connectivity index (χ2v) is 5.20. The molecule has 0 bridgehead atoms. The van der Waals surface area contributed by atoms with Crippen LogP contribution in [0.15, 0.2) is 29.7 Å². The minimum Gasteiger partial charge on any atom is -0.383 e. The number of nitrogens with zero attached hydrogens (tertiary/aromatic N) is 3. The first-order chi connectivity index (χ1) is 10.6. The van der Waals surface area contributed by atoms with Gasteiger partial charge in [-0.05, 0) is 12.1 Å². The Kier molecular flexibility index (Phi) is 5.84. The number of hydrogen-bond donors (Lipinski definition) is 1. The molecule has 6 nitrogen and oxygen atoms in total. The van der Waals surface area contributed by atoms with Gasteiger partial charge >= 0.3 is 0 Å². The number of ether oxygens (including phenoxy) is 1. The van der Waals surface area contributed by atoms with Gasteiger partial charge in [-0.1, -0.05) is 11.8 Å². The zero-order chi connectivity index (χ0) is 15.9. The van der Waals surface area contributed by atoms with Crippen molar-refractivity contribution in [3.05, 3.63) is 36.2 Å². The van der Waals surface area contributed by atoms with Gasteiger partial charge in [-0.15, -0.1) is 10.2 Å². The summed E-state index contributed by atoms with van der Waals surface area (Å²) in [5.41, 5.74) is -0.0622. The Hall–Kier alpha value is -2.00. The first-order valence-electron chi connectivity index (χ1n) is 6.34. The van der Waals surface area contributed by atoms with E-state index in [4.69, 9.17) is 4.74 Å². The van der Waals surface area contributed by atoms with Crippen LogP contribution >= 0.6 is 11.8 Å². The number of carbonyl (C=O) groups is 1. The van der Waals surface area contributed by atoms with Crippen LogP contribution in [-0.2, 0) is 16.1 Å². The normalized spacial score (nSPS) is 10.7. The molecule has 1 N–H and O–H groups in total. The van der Waals surface area contributed by atoms with Gasteiger partial charge in [0.05, 0.1) is 18.0 Å². The molecule has 22 heavy (non-hydrogen) atoms. The van der Waals surface area contributed by atoms with Gasteiger partial charge in [-0.25, -0.2) is 8.78 Å². The van der Waals surface area contributed by atoms with E-state index < -0.39 is 17.5 Å². The Morgan fingerprint density at radius 2 is 2.27 bits per heavy atom. The summed E-state index contributed by atoms with van der Waals surface area (Å²) in [4.78, 5) is 11.8. The van der Waals surface area contributed by atoms with E-state index in [1.54, 1.807) is 18.0 Å². The van der Waals surface area contributed by atoms with Crippen molar-refractivity contribution < 1.29 is 18.3 Å². The number of methoxy groups -OCH3 is 1. The lowest BCUT2D eigenvalue weighted by atomic mass is 10.3. The predicted molar refractivity (Wildman–Crippen MR) is 77.6 cm³/mol. The first kappa shape index (κ1) is 16.4. The maximum Gasteiger partial charge on any atom is 0.234 e. The molecule has 0 radical (unpaired) electrons. The molecular formula is C13H14F2N4O2S. The summed E-state index contributed by atoms with van der Waals surface area (Å²) in [6.45, 7) is 1.07. The number of aromatic nitrogens is 3. The molecule has 1 heterocycles. The van der Waals surface area contributed by atoms with E-state index in [2.05, 4.69) is 15.5 Å². The Balaban J connectivity index is 1.89. The van der Waals surface area contributed by atoms with Crippen LogP contribution in [0.4, 0.5) is 14.5 Å². The van der Waals surface area contributed by atoms with Crippen molar-refractivity contribution in [1.29, 1.82) is 0 Å². The molecule has 0 fully saturated rings. The molecule has 0 aliphatic rings. The molecular weight excluding hydrogens is 314 g/mol. The topological polar surface area (TPSA) is 69.0 Å². The maximum atomic E-state index is 13.4. The van der Waals surface area contributed by atoms with Crippen molar-refractivity contribution in [2.75, 3.05) is 24.8 Å². The fourth-order valence-corrected chi connectivity index (χ4v) is 2.35. The van der Waals surface area contributed by atoms with Crippen LogP contribution in [0.5, 0.6) is 0 Å². The molecule has 1 aromatic carbocycles. The molecule has 1 aromatic heterocycles. The number of nitrogens with one attached hydrogen (secondary N) is 1. The van der Waals surface area contributed by atoms with Gasteiger partial charge in [0.2, 0.25) is 5.91 Å². The number of carbonyl (C=O) groups excluding carboxylic acids is 1. The largest absolute Gasteiger partial charge is 0.383 e. The van der Waals surface area contributed by atoms with Gasteiger partial charge < -0.3 is 14.6 Å². The highest BCUT2D eigenvalue weighted by atomic mass is 32.2. The number of hydrogen-bond acceptors (Lipinski definition) is 5. The van der Waals surface area contributed by atoms with Gasteiger partial charge in [0.1, 0.15) is 18.0 Å². The highest BCUT2D eigenvalue weighted by Gasteiger charge is 2.11. The van der Waals surface area contributed by atoms with Crippen LogP contribution in [0.2, 0.25) is 0 Å². The van der Waals surface area contributed by atoms with E-state index in [-0.39, 0.29) is 11.4 Å². The van der Waals surface area contributed by atoms with Crippen LogP contribution in [0.3, 0.4) is 0 Å². The highest BCUT2D eigenvalue weighted by Crippen LogP contribution is 2.18. The summed E-state index contributed by atoms with van der Waals surface area (Å²) in [7, 11) is 1.59. The molecule has 0 unspecified atom stereocenters. The molecule has 0 saturated carbocycles. The number of amides is 1. The first-order valence-corrected chi connectivity index (χ1v) is 7.33. The highest BCUT2D eigenvalue weighted by molar-refractivity contribution is 7.99. The maximum absolute atomic E-state index is 13.4. The van der Waals surface area contributed by atoms with Crippen LogP contribution in [0.25, 0.3) is 0 Å². The Morgan fingerprint density at radius 1 is 1.45 bits per heavy atom. The third-order valence-electron chi connectivity index (χ3n) is 2.65. The van der Waals surface area contributed by atoms with E-state index in [1.165, 1.54) is 17.8 Å². The molecule has 0 spiro atoms. The number of halogens is 2. The Morgan fingerprint density at radius 3 is 3.00 bits per heavy atom. The molecule has 0 aliphatic carbocycles. The molecule has 2 rings (SSSR count). The van der Waals surface area contributed by atoms with E-state index >= 15 is 0 Å². The lowest BCUT2D eigenvalue weighted by Crippen LogP contribution is -2.16. The lowest BCUT2D eigenvalue weighted by Gasteiger charge is -2.07. The van der Waals surface area contributed by atoms with Gasteiger partial charge in [-0.2, -0.15) is 0 Å². The lowest BCUT2D eigenvalue weighted by molar-refractivity contribution is -0.113. The number of anilines is 1. The minimum atomic E-state index is -0.818. The summed E-state index contributed by atoms with van der Waals surface area (Å²) >= 11 is 1.17. The third-order valence-corrected chi connectivity index (χ3v) is 3.63. The second kappa shape index (κ2) is 7.85. The van der Waals surface area contributed by atoms with E-state index in [0.29, 0.717) is 24.4 Å². The van der Waals surface area contributed by atoms with Gasteiger partial charge in [0, 0.05) is 19.7 Å². The predicted octanol–water partition coefficient (Wildman–Crippen LogP) is 1.93. The van der Waals surface area contributed by atoms with Gasteiger partial charge in [0.25, 0.3) is 0 Å². The SMILES string of the molecule is COCCn1cnnc1SCC(=O)Nc1ccc(F)cc1F. The molecule has 1 amide bonds. The summed E-state index contributed by atoms with van der Waals surface area (Å²) in [6, 6.07) is 2.96.